The van der Waals surface area contributed by atoms with Gasteiger partial charge in [0.15, 0.2) is 0 Å². The number of halogens is 5. The lowest BCUT2D eigenvalue weighted by Gasteiger charge is -2.16. The summed E-state index contributed by atoms with van der Waals surface area (Å²) in [6, 6.07) is 10.6. The zero-order valence-electron chi connectivity index (χ0n) is 10.9. The van der Waals surface area contributed by atoms with E-state index in [1.807, 2.05) is 12.1 Å². The molecular weight excluding hydrogens is 413 g/mol. The van der Waals surface area contributed by atoms with Crippen molar-refractivity contribution in [3.05, 3.63) is 63.6 Å². The molecule has 112 valence electrons. The van der Waals surface area contributed by atoms with Gasteiger partial charge >= 0.3 is 6.18 Å². The zero-order chi connectivity index (χ0) is 15.6. The maximum absolute atomic E-state index is 12.6. The summed E-state index contributed by atoms with van der Waals surface area (Å²) in [5, 5.41) is 0. The van der Waals surface area contributed by atoms with Gasteiger partial charge in [0, 0.05) is 10.0 Å². The van der Waals surface area contributed by atoms with Gasteiger partial charge < -0.3 is 4.74 Å². The van der Waals surface area contributed by atoms with Crippen molar-refractivity contribution in [2.45, 2.75) is 11.0 Å². The molecule has 0 aliphatic carbocycles. The number of hydrogen-bond acceptors (Lipinski definition) is 1. The highest BCUT2D eigenvalue weighted by Gasteiger charge is 2.30. The van der Waals surface area contributed by atoms with E-state index >= 15 is 0 Å². The maximum atomic E-state index is 12.6. The van der Waals surface area contributed by atoms with E-state index in [0.29, 0.717) is 5.75 Å². The monoisotopic (exact) mass is 422 g/mol. The van der Waals surface area contributed by atoms with E-state index in [-0.39, 0.29) is 4.83 Å². The Bertz CT molecular complexity index is 624. The minimum absolute atomic E-state index is 0.257. The minimum Gasteiger partial charge on any atom is -0.496 e. The molecule has 1 atom stereocenters. The maximum Gasteiger partial charge on any atom is 0.416 e. The molecule has 0 spiro atoms. The van der Waals surface area contributed by atoms with Crippen LogP contribution in [0.2, 0.25) is 0 Å². The molecule has 21 heavy (non-hydrogen) atoms. The van der Waals surface area contributed by atoms with E-state index in [4.69, 9.17) is 4.74 Å². The lowest BCUT2D eigenvalue weighted by Crippen LogP contribution is -2.05. The fourth-order valence-corrected chi connectivity index (χ4v) is 2.97. The van der Waals surface area contributed by atoms with Crippen LogP contribution in [0.1, 0.15) is 21.5 Å². The van der Waals surface area contributed by atoms with Crippen molar-refractivity contribution in [1.29, 1.82) is 0 Å². The fraction of sp³-hybridized carbons (Fsp3) is 0.200. The van der Waals surface area contributed by atoms with Gasteiger partial charge in [-0.05, 0) is 35.9 Å². The highest BCUT2D eigenvalue weighted by atomic mass is 79.9. The van der Waals surface area contributed by atoms with Gasteiger partial charge in [-0.2, -0.15) is 13.2 Å². The molecule has 6 heteroatoms. The SMILES string of the molecule is COc1ccc(Br)cc1C(Br)c1ccc(C(F)(F)F)cc1. The van der Waals surface area contributed by atoms with Gasteiger partial charge in [0.1, 0.15) is 5.75 Å². The molecule has 0 aromatic heterocycles. The van der Waals surface area contributed by atoms with Gasteiger partial charge in [0.2, 0.25) is 0 Å². The first-order valence-corrected chi connectivity index (χ1v) is 7.68. The normalized spacial score (nSPS) is 13.0. The molecule has 1 nitrogen and oxygen atoms in total. The lowest BCUT2D eigenvalue weighted by molar-refractivity contribution is -0.137. The third-order valence-electron chi connectivity index (χ3n) is 3.00. The molecule has 0 saturated heterocycles. The minimum atomic E-state index is -4.33. The number of ether oxygens (including phenoxy) is 1. The highest BCUT2D eigenvalue weighted by molar-refractivity contribution is 9.10. The van der Waals surface area contributed by atoms with Crippen molar-refractivity contribution in [3.8, 4) is 5.75 Å². The summed E-state index contributed by atoms with van der Waals surface area (Å²) in [6.45, 7) is 0. The van der Waals surface area contributed by atoms with E-state index in [1.165, 1.54) is 12.1 Å². The second-order valence-corrected chi connectivity index (χ2v) is 6.20. The second kappa shape index (κ2) is 6.40. The van der Waals surface area contributed by atoms with E-state index in [0.717, 1.165) is 27.7 Å². The summed E-state index contributed by atoms with van der Waals surface area (Å²) >= 11 is 6.89. The number of rotatable bonds is 3. The predicted octanol–water partition coefficient (Wildman–Crippen LogP) is 5.96. The second-order valence-electron chi connectivity index (χ2n) is 4.37. The topological polar surface area (TPSA) is 9.23 Å². The van der Waals surface area contributed by atoms with E-state index in [9.17, 15) is 13.2 Å². The van der Waals surface area contributed by atoms with Crippen LogP contribution in [0.3, 0.4) is 0 Å². The summed E-state index contributed by atoms with van der Waals surface area (Å²) in [6.07, 6.45) is -4.33. The van der Waals surface area contributed by atoms with Crippen LogP contribution < -0.4 is 4.74 Å². The summed E-state index contributed by atoms with van der Waals surface area (Å²) in [7, 11) is 1.55. The molecule has 0 fully saturated rings. The van der Waals surface area contributed by atoms with Crippen molar-refractivity contribution < 1.29 is 17.9 Å². The number of benzene rings is 2. The van der Waals surface area contributed by atoms with Gasteiger partial charge in [-0.25, -0.2) is 0 Å². The molecule has 2 aromatic carbocycles. The van der Waals surface area contributed by atoms with Crippen LogP contribution in [-0.4, -0.2) is 7.11 Å². The van der Waals surface area contributed by atoms with Crippen LogP contribution in [0.15, 0.2) is 46.9 Å². The smallest absolute Gasteiger partial charge is 0.416 e. The molecule has 0 aliphatic heterocycles. The Labute approximate surface area is 137 Å². The molecule has 0 saturated carbocycles. The molecule has 0 radical (unpaired) electrons. The lowest BCUT2D eigenvalue weighted by atomic mass is 10.0. The third kappa shape index (κ3) is 3.80. The molecule has 2 rings (SSSR count). The Balaban J connectivity index is 2.36. The molecular formula is C15H11Br2F3O. The Morgan fingerprint density at radius 2 is 1.67 bits per heavy atom. The molecule has 0 amide bonds. The first-order chi connectivity index (χ1) is 9.82. The average Bonchev–Trinajstić information content (AvgIpc) is 2.45. The van der Waals surface area contributed by atoms with Gasteiger partial charge in [0.25, 0.3) is 0 Å². The largest absolute Gasteiger partial charge is 0.496 e. The van der Waals surface area contributed by atoms with Crippen LogP contribution >= 0.6 is 31.9 Å². The summed E-state index contributed by atoms with van der Waals surface area (Å²) < 4.78 is 43.9. The zero-order valence-corrected chi connectivity index (χ0v) is 14.1. The fourth-order valence-electron chi connectivity index (χ4n) is 1.92. The van der Waals surface area contributed by atoms with Crippen molar-refractivity contribution in [2.75, 3.05) is 7.11 Å². The molecule has 1 unspecified atom stereocenters. The van der Waals surface area contributed by atoms with Crippen LogP contribution in [0.4, 0.5) is 13.2 Å². The first kappa shape index (κ1) is 16.4. The molecule has 0 heterocycles. The average molecular weight is 424 g/mol. The van der Waals surface area contributed by atoms with Gasteiger partial charge in [0.05, 0.1) is 17.5 Å². The van der Waals surface area contributed by atoms with Gasteiger partial charge in [-0.1, -0.05) is 44.0 Å². The standard InChI is InChI=1S/C15H11Br2F3O/c1-21-13-7-6-11(16)8-12(13)14(17)9-2-4-10(5-3-9)15(18,19)20/h2-8,14H,1H3. The molecule has 2 aromatic rings. The van der Waals surface area contributed by atoms with Crippen LogP contribution in [0.5, 0.6) is 5.75 Å². The third-order valence-corrected chi connectivity index (χ3v) is 4.51. The quantitative estimate of drug-likeness (QED) is 0.553. The Morgan fingerprint density at radius 1 is 1.05 bits per heavy atom. The highest BCUT2D eigenvalue weighted by Crippen LogP contribution is 2.39. The Morgan fingerprint density at radius 3 is 2.19 bits per heavy atom. The molecule has 0 bridgehead atoms. The van der Waals surface area contributed by atoms with E-state index < -0.39 is 11.7 Å². The summed E-state index contributed by atoms with van der Waals surface area (Å²) in [4.78, 5) is -0.257. The van der Waals surface area contributed by atoms with E-state index in [1.54, 1.807) is 13.2 Å². The predicted molar refractivity (Wildman–Crippen MR) is 82.9 cm³/mol. The van der Waals surface area contributed by atoms with Crippen molar-refractivity contribution >= 4 is 31.9 Å². The number of alkyl halides is 4. The first-order valence-electron chi connectivity index (χ1n) is 5.97. The van der Waals surface area contributed by atoms with Crippen molar-refractivity contribution in [3.63, 3.8) is 0 Å². The van der Waals surface area contributed by atoms with Crippen molar-refractivity contribution in [1.82, 2.24) is 0 Å². The van der Waals surface area contributed by atoms with Crippen LogP contribution in [0, 0.1) is 0 Å². The molecule has 0 aliphatic rings. The van der Waals surface area contributed by atoms with Crippen LogP contribution in [0.25, 0.3) is 0 Å². The Kier molecular flexibility index (Phi) is 4.99. The number of hydrogen-bond donors (Lipinski definition) is 0. The molecule has 0 N–H and O–H groups in total. The van der Waals surface area contributed by atoms with E-state index in [2.05, 4.69) is 31.9 Å². The van der Waals surface area contributed by atoms with Crippen molar-refractivity contribution in [2.24, 2.45) is 0 Å². The Hall–Kier alpha value is -1.01. The number of methoxy groups -OCH3 is 1. The summed E-state index contributed by atoms with van der Waals surface area (Å²) in [5.74, 6) is 0.667. The summed E-state index contributed by atoms with van der Waals surface area (Å²) in [5.41, 5.74) is 0.901. The van der Waals surface area contributed by atoms with Gasteiger partial charge in [-0.3, -0.25) is 0 Å². The van der Waals surface area contributed by atoms with Crippen LogP contribution in [-0.2, 0) is 6.18 Å². The van der Waals surface area contributed by atoms with Gasteiger partial charge in [-0.15, -0.1) is 0 Å².